The zero-order valence-corrected chi connectivity index (χ0v) is 18.8. The van der Waals surface area contributed by atoms with E-state index in [0.29, 0.717) is 6.42 Å². The summed E-state index contributed by atoms with van der Waals surface area (Å²) < 4.78 is 11.6. The first-order valence-electron chi connectivity index (χ1n) is 9.98. The monoisotopic (exact) mass is 382 g/mol. The second-order valence-corrected chi connectivity index (χ2v) is 14.9. The molecule has 2 saturated carbocycles. The van der Waals surface area contributed by atoms with Gasteiger partial charge in [0.2, 0.25) is 0 Å². The summed E-state index contributed by atoms with van der Waals surface area (Å²) in [6.45, 7) is 14.4. The van der Waals surface area contributed by atoms with Gasteiger partial charge in [-0.2, -0.15) is 0 Å². The molecule has 2 fully saturated rings. The van der Waals surface area contributed by atoms with Crippen molar-refractivity contribution in [2.75, 3.05) is 13.7 Å². The Hall–Kier alpha value is -0.653. The second-order valence-electron chi connectivity index (χ2n) is 10.1. The maximum Gasteiger partial charge on any atom is 0.330 e. The van der Waals surface area contributed by atoms with Crippen molar-refractivity contribution in [2.24, 2.45) is 10.8 Å². The molecule has 4 nitrogen and oxygen atoms in total. The summed E-state index contributed by atoms with van der Waals surface area (Å²) in [4.78, 5) is 11.9. The Labute approximate surface area is 160 Å². The average Bonchev–Trinajstić information content (AvgIpc) is 2.53. The third-order valence-electron chi connectivity index (χ3n) is 7.59. The molecule has 0 aromatic carbocycles. The van der Waals surface area contributed by atoms with Gasteiger partial charge in [0.05, 0.1) is 13.2 Å². The first-order chi connectivity index (χ1) is 11.9. The summed E-state index contributed by atoms with van der Waals surface area (Å²) >= 11 is 0. The highest BCUT2D eigenvalue weighted by Gasteiger charge is 2.56. The number of hydrogen-bond donors (Lipinski definition) is 1. The van der Waals surface area contributed by atoms with Gasteiger partial charge in [-0.3, -0.25) is 0 Å². The maximum atomic E-state index is 11.9. The zero-order chi connectivity index (χ0) is 19.8. The minimum Gasteiger partial charge on any atom is -0.466 e. The van der Waals surface area contributed by atoms with Crippen LogP contribution < -0.4 is 0 Å². The molecule has 0 heterocycles. The number of carbonyl (C=O) groups excluding carboxylic acids is 1. The summed E-state index contributed by atoms with van der Waals surface area (Å²) in [7, 11) is -0.430. The van der Waals surface area contributed by atoms with E-state index in [4.69, 9.17) is 9.16 Å². The molecule has 26 heavy (non-hydrogen) atoms. The van der Waals surface area contributed by atoms with Gasteiger partial charge in [0.1, 0.15) is 0 Å². The Morgan fingerprint density at radius 3 is 2.58 bits per heavy atom. The van der Waals surface area contributed by atoms with E-state index < -0.39 is 8.32 Å². The lowest BCUT2D eigenvalue weighted by Gasteiger charge is -2.58. The van der Waals surface area contributed by atoms with Crippen LogP contribution in [0.5, 0.6) is 0 Å². The van der Waals surface area contributed by atoms with Crippen LogP contribution in [-0.4, -0.2) is 39.2 Å². The highest BCUT2D eigenvalue weighted by Crippen LogP contribution is 2.61. The van der Waals surface area contributed by atoms with Crippen molar-refractivity contribution in [3.05, 3.63) is 11.6 Å². The Bertz CT molecular complexity index is 563. The number of esters is 1. The molecule has 5 heteroatoms. The number of aliphatic hydroxyl groups excluding tert-OH is 1. The van der Waals surface area contributed by atoms with E-state index in [0.717, 1.165) is 44.3 Å². The zero-order valence-electron chi connectivity index (χ0n) is 17.8. The topological polar surface area (TPSA) is 55.8 Å². The molecule has 1 N–H and O–H groups in total. The number of fused-ring (bicyclic) bond motifs is 1. The van der Waals surface area contributed by atoms with E-state index in [2.05, 4.69) is 40.8 Å². The summed E-state index contributed by atoms with van der Waals surface area (Å²) in [5, 5.41) is 10.6. The van der Waals surface area contributed by atoms with Crippen LogP contribution in [0.25, 0.3) is 0 Å². The fourth-order valence-corrected chi connectivity index (χ4v) is 5.62. The molecular weight excluding hydrogens is 344 g/mol. The number of methoxy groups -OCH3 is 1. The Kier molecular flexibility index (Phi) is 6.16. The van der Waals surface area contributed by atoms with E-state index in [1.807, 2.05) is 0 Å². The van der Waals surface area contributed by atoms with Crippen LogP contribution in [-0.2, 0) is 14.0 Å². The van der Waals surface area contributed by atoms with E-state index >= 15 is 0 Å². The van der Waals surface area contributed by atoms with Crippen LogP contribution >= 0.6 is 0 Å². The fraction of sp³-hybridized carbons (Fsp3) is 0.857. The van der Waals surface area contributed by atoms with Gasteiger partial charge in [0.15, 0.2) is 8.32 Å². The van der Waals surface area contributed by atoms with Gasteiger partial charge < -0.3 is 14.3 Å². The normalized spacial score (nSPS) is 34.5. The van der Waals surface area contributed by atoms with E-state index in [1.54, 1.807) is 6.08 Å². The quantitative estimate of drug-likeness (QED) is 0.430. The first-order valence-corrected chi connectivity index (χ1v) is 12.9. The Morgan fingerprint density at radius 2 is 2.00 bits per heavy atom. The maximum absolute atomic E-state index is 11.9. The summed E-state index contributed by atoms with van der Waals surface area (Å²) in [6.07, 6.45) is 6.92. The molecule has 0 aromatic heterocycles. The summed E-state index contributed by atoms with van der Waals surface area (Å²) in [6, 6.07) is 0. The number of allylic oxidation sites excluding steroid dienone is 1. The van der Waals surface area contributed by atoms with Crippen molar-refractivity contribution in [3.63, 3.8) is 0 Å². The largest absolute Gasteiger partial charge is 0.466 e. The molecular formula is C21H38O4Si. The third kappa shape index (κ3) is 3.95. The van der Waals surface area contributed by atoms with E-state index in [9.17, 15) is 9.90 Å². The predicted molar refractivity (Wildman–Crippen MR) is 107 cm³/mol. The van der Waals surface area contributed by atoms with Crippen LogP contribution in [0.4, 0.5) is 0 Å². The summed E-state index contributed by atoms with van der Waals surface area (Å²) in [5.74, 6) is -0.289. The molecule has 3 atom stereocenters. The highest BCUT2D eigenvalue weighted by molar-refractivity contribution is 6.74. The van der Waals surface area contributed by atoms with Gasteiger partial charge in [-0.25, -0.2) is 4.79 Å². The molecule has 0 radical (unpaired) electrons. The molecule has 2 rings (SSSR count). The molecule has 0 bridgehead atoms. The van der Waals surface area contributed by atoms with Crippen LogP contribution in [0, 0.1) is 10.8 Å². The van der Waals surface area contributed by atoms with Crippen molar-refractivity contribution in [3.8, 4) is 0 Å². The molecule has 0 amide bonds. The lowest BCUT2D eigenvalue weighted by atomic mass is 9.49. The predicted octanol–water partition coefficient (Wildman–Crippen LogP) is 4.83. The fourth-order valence-electron chi connectivity index (χ4n) is 4.55. The first kappa shape index (κ1) is 21.6. The molecule has 0 aliphatic heterocycles. The van der Waals surface area contributed by atoms with Gasteiger partial charge in [0.25, 0.3) is 0 Å². The van der Waals surface area contributed by atoms with Gasteiger partial charge >= 0.3 is 5.97 Å². The van der Waals surface area contributed by atoms with Crippen molar-refractivity contribution < 1.29 is 19.1 Å². The molecule has 2 aliphatic rings. The van der Waals surface area contributed by atoms with Crippen LogP contribution in [0.1, 0.15) is 66.2 Å². The molecule has 0 aromatic rings. The number of ether oxygens (including phenoxy) is 1. The molecule has 0 unspecified atom stereocenters. The molecule has 0 saturated heterocycles. The third-order valence-corrected chi connectivity index (χ3v) is 12.1. The van der Waals surface area contributed by atoms with Crippen molar-refractivity contribution in [1.29, 1.82) is 0 Å². The van der Waals surface area contributed by atoms with Crippen molar-refractivity contribution >= 4 is 14.3 Å². The number of rotatable bonds is 4. The molecule has 0 spiro atoms. The van der Waals surface area contributed by atoms with Gasteiger partial charge in [0, 0.05) is 18.1 Å². The van der Waals surface area contributed by atoms with Crippen molar-refractivity contribution in [2.45, 2.75) is 90.5 Å². The van der Waals surface area contributed by atoms with Crippen LogP contribution in [0.15, 0.2) is 11.6 Å². The summed E-state index contributed by atoms with van der Waals surface area (Å²) in [5.41, 5.74) is 0.924. The van der Waals surface area contributed by atoms with Gasteiger partial charge in [-0.1, -0.05) is 33.3 Å². The minimum atomic E-state index is -1.85. The van der Waals surface area contributed by atoms with Gasteiger partial charge in [-0.15, -0.1) is 0 Å². The lowest BCUT2D eigenvalue weighted by molar-refractivity contribution is -0.135. The highest BCUT2D eigenvalue weighted by atomic mass is 28.4. The SMILES string of the molecule is COC(=O)/C=C1\CCC[C@]2(CO[Si](C)(C)C(C)(C)C)CC[C@@H](O)C[C@]12C. The number of hydrogen-bond acceptors (Lipinski definition) is 4. The smallest absolute Gasteiger partial charge is 0.330 e. The van der Waals surface area contributed by atoms with Crippen LogP contribution in [0.3, 0.4) is 0 Å². The average molecular weight is 383 g/mol. The van der Waals surface area contributed by atoms with E-state index in [1.165, 1.54) is 7.11 Å². The number of aliphatic hydroxyl groups is 1. The Balaban J connectivity index is 2.36. The lowest BCUT2D eigenvalue weighted by Crippen LogP contribution is -2.54. The Morgan fingerprint density at radius 1 is 1.35 bits per heavy atom. The van der Waals surface area contributed by atoms with Crippen LogP contribution in [0.2, 0.25) is 18.1 Å². The van der Waals surface area contributed by atoms with Gasteiger partial charge in [-0.05, 0) is 62.1 Å². The second kappa shape index (κ2) is 7.40. The number of carbonyl (C=O) groups is 1. The standard InChI is InChI=1S/C21H38O4Si/c1-19(2,3)26(6,7)25-15-21-11-8-9-16(13-18(23)24-5)20(21,4)14-17(22)10-12-21/h13,17,22H,8-12,14-15H2,1-7H3/b16-13+/t17-,20-,21-/m1/s1. The van der Waals surface area contributed by atoms with Crippen molar-refractivity contribution in [1.82, 2.24) is 0 Å². The molecule has 150 valence electrons. The minimum absolute atomic E-state index is 0.000144. The van der Waals surface area contributed by atoms with E-state index in [-0.39, 0.29) is 27.9 Å². The molecule has 2 aliphatic carbocycles.